The van der Waals surface area contributed by atoms with Gasteiger partial charge in [-0.2, -0.15) is 0 Å². The van der Waals surface area contributed by atoms with Crippen LogP contribution in [-0.2, 0) is 9.59 Å². The molecular formula is C16H14Cl2N2O3. The Kier molecular flexibility index (Phi) is 4.25. The van der Waals surface area contributed by atoms with Crippen molar-refractivity contribution in [2.45, 2.75) is 18.9 Å². The Balaban J connectivity index is 2.21. The molecule has 1 aromatic rings. The number of rotatable bonds is 2. The van der Waals surface area contributed by atoms with E-state index in [0.29, 0.717) is 16.3 Å². The van der Waals surface area contributed by atoms with Gasteiger partial charge < -0.3 is 5.11 Å². The van der Waals surface area contributed by atoms with Gasteiger partial charge in [0.15, 0.2) is 5.78 Å². The number of ketones is 1. The molecule has 3 rings (SSSR count). The van der Waals surface area contributed by atoms with Crippen LogP contribution in [0.4, 0.5) is 0 Å². The van der Waals surface area contributed by atoms with Crippen molar-refractivity contribution in [1.82, 2.24) is 0 Å². The highest BCUT2D eigenvalue weighted by Crippen LogP contribution is 2.44. The molecule has 0 aromatic heterocycles. The normalized spacial score (nSPS) is 29.9. The molecule has 4 atom stereocenters. The maximum absolute atomic E-state index is 12.4. The lowest BCUT2D eigenvalue weighted by molar-refractivity contribution is -0.141. The summed E-state index contributed by atoms with van der Waals surface area (Å²) in [5.41, 5.74) is 1.03. The summed E-state index contributed by atoms with van der Waals surface area (Å²) >= 11 is 12.4. The van der Waals surface area contributed by atoms with Gasteiger partial charge in [0.2, 0.25) is 0 Å². The molecule has 4 unspecified atom stereocenters. The zero-order chi connectivity index (χ0) is 16.7. The Morgan fingerprint density at radius 2 is 2.04 bits per heavy atom. The largest absolute Gasteiger partial charge is 0.481 e. The van der Waals surface area contributed by atoms with Crippen LogP contribution in [0.2, 0.25) is 10.0 Å². The smallest absolute Gasteiger partial charge is 0.312 e. The van der Waals surface area contributed by atoms with Crippen molar-refractivity contribution in [1.29, 1.82) is 0 Å². The molecule has 0 bridgehead atoms. The Morgan fingerprint density at radius 3 is 2.74 bits per heavy atom. The monoisotopic (exact) mass is 352 g/mol. The average Bonchev–Trinajstić information content (AvgIpc) is 2.48. The molecule has 2 aliphatic heterocycles. The molecule has 0 amide bonds. The highest BCUT2D eigenvalue weighted by Gasteiger charge is 2.48. The molecule has 0 spiro atoms. The Morgan fingerprint density at radius 1 is 1.30 bits per heavy atom. The number of halogens is 2. The van der Waals surface area contributed by atoms with Crippen LogP contribution < -0.4 is 0 Å². The van der Waals surface area contributed by atoms with E-state index in [1.165, 1.54) is 0 Å². The third kappa shape index (κ3) is 2.68. The summed E-state index contributed by atoms with van der Waals surface area (Å²) in [5.74, 6) is -3.27. The third-order valence-corrected chi connectivity index (χ3v) is 5.23. The highest BCUT2D eigenvalue weighted by molar-refractivity contribution is 6.42. The van der Waals surface area contributed by atoms with Crippen LogP contribution in [0.15, 0.2) is 28.2 Å². The number of carboxylic acid groups (broad SMARTS) is 1. The average molecular weight is 353 g/mol. The van der Waals surface area contributed by atoms with Crippen molar-refractivity contribution in [2.24, 2.45) is 21.8 Å². The highest BCUT2D eigenvalue weighted by atomic mass is 35.5. The summed E-state index contributed by atoms with van der Waals surface area (Å²) in [6.07, 6.45) is 1.62. The van der Waals surface area contributed by atoms with Crippen molar-refractivity contribution in [3.05, 3.63) is 33.8 Å². The van der Waals surface area contributed by atoms with Crippen molar-refractivity contribution in [3.8, 4) is 0 Å². The van der Waals surface area contributed by atoms with Crippen LogP contribution >= 0.6 is 23.2 Å². The van der Waals surface area contributed by atoms with Crippen LogP contribution in [0.25, 0.3) is 0 Å². The van der Waals surface area contributed by atoms with Crippen molar-refractivity contribution < 1.29 is 14.7 Å². The van der Waals surface area contributed by atoms with E-state index in [1.54, 1.807) is 31.3 Å². The molecule has 2 aliphatic rings. The van der Waals surface area contributed by atoms with Crippen LogP contribution in [0.1, 0.15) is 18.4 Å². The lowest BCUT2D eigenvalue weighted by Gasteiger charge is -2.39. The summed E-state index contributed by atoms with van der Waals surface area (Å²) in [6, 6.07) is 4.62. The molecule has 5 nitrogen and oxygen atoms in total. The van der Waals surface area contributed by atoms with Gasteiger partial charge in [-0.3, -0.25) is 19.6 Å². The molecule has 1 N–H and O–H groups in total. The van der Waals surface area contributed by atoms with Crippen LogP contribution in [-0.4, -0.2) is 41.4 Å². The number of carbonyl (C=O) groups is 2. The van der Waals surface area contributed by atoms with E-state index in [-0.39, 0.29) is 17.4 Å². The summed E-state index contributed by atoms with van der Waals surface area (Å²) in [4.78, 5) is 32.7. The maximum atomic E-state index is 12.4. The number of benzene rings is 1. The number of aliphatic imine (C=N–C) groups is 2. The van der Waals surface area contributed by atoms with Crippen LogP contribution in [0, 0.1) is 11.8 Å². The number of aliphatic carboxylic acids is 1. The van der Waals surface area contributed by atoms with Gasteiger partial charge in [-0.25, -0.2) is 0 Å². The van der Waals surface area contributed by atoms with E-state index in [9.17, 15) is 14.7 Å². The fourth-order valence-corrected chi connectivity index (χ4v) is 3.87. The fourth-order valence-electron chi connectivity index (χ4n) is 3.43. The molecule has 0 saturated heterocycles. The molecule has 2 heterocycles. The second-order valence-electron chi connectivity index (χ2n) is 5.73. The number of carbonyl (C=O) groups excluding carboxylic acids is 1. The Hall–Kier alpha value is -1.72. The van der Waals surface area contributed by atoms with Gasteiger partial charge in [-0.1, -0.05) is 35.3 Å². The zero-order valence-electron chi connectivity index (χ0n) is 12.2. The minimum absolute atomic E-state index is 0.0385. The molecule has 1 aromatic carbocycles. The summed E-state index contributed by atoms with van der Waals surface area (Å²) in [6.45, 7) is 1.70. The van der Waals surface area contributed by atoms with Gasteiger partial charge in [0.1, 0.15) is 5.92 Å². The standard InChI is InChI=1S/C16H14Cl2N2O3/c1-7-12(16(22)23)13(8-3-2-4-9(17)15(8)18)14-10(20-7)5-19-6-11(14)21/h2-5,10,12-14H,6H2,1H3,(H,22,23). The topological polar surface area (TPSA) is 79.1 Å². The zero-order valence-corrected chi connectivity index (χ0v) is 13.8. The predicted molar refractivity (Wildman–Crippen MR) is 89.1 cm³/mol. The SMILES string of the molecule is CC1=NC2C=NCC(=O)C2C(c2cccc(Cl)c2Cl)C1C(=O)O. The van der Waals surface area contributed by atoms with Gasteiger partial charge in [0, 0.05) is 17.8 Å². The van der Waals surface area contributed by atoms with E-state index < -0.39 is 29.8 Å². The Labute approximate surface area is 143 Å². The van der Waals surface area contributed by atoms with Crippen LogP contribution in [0.5, 0.6) is 0 Å². The second-order valence-corrected chi connectivity index (χ2v) is 6.51. The molecular weight excluding hydrogens is 339 g/mol. The van der Waals surface area contributed by atoms with E-state index >= 15 is 0 Å². The van der Waals surface area contributed by atoms with Gasteiger partial charge in [0.25, 0.3) is 0 Å². The molecule has 0 saturated carbocycles. The van der Waals surface area contributed by atoms with E-state index in [2.05, 4.69) is 9.98 Å². The third-order valence-electron chi connectivity index (χ3n) is 4.40. The number of nitrogens with zero attached hydrogens (tertiary/aromatic N) is 2. The number of Topliss-reactive ketones (excluding diaryl/α,β-unsaturated/α-hetero) is 1. The molecule has 23 heavy (non-hydrogen) atoms. The number of hydrogen-bond donors (Lipinski definition) is 1. The van der Waals surface area contributed by atoms with Crippen molar-refractivity contribution in [2.75, 3.05) is 6.54 Å². The van der Waals surface area contributed by atoms with E-state index in [1.807, 2.05) is 0 Å². The van der Waals surface area contributed by atoms with Gasteiger partial charge in [-0.15, -0.1) is 0 Å². The molecule has 7 heteroatoms. The van der Waals surface area contributed by atoms with Crippen LogP contribution in [0.3, 0.4) is 0 Å². The quantitative estimate of drug-likeness (QED) is 0.888. The van der Waals surface area contributed by atoms with Gasteiger partial charge in [-0.05, 0) is 18.6 Å². The Bertz CT molecular complexity index is 745. The first-order valence-electron chi connectivity index (χ1n) is 7.15. The lowest BCUT2D eigenvalue weighted by Crippen LogP contribution is -2.48. The first kappa shape index (κ1) is 16.1. The molecule has 0 fully saturated rings. The molecule has 0 radical (unpaired) electrons. The predicted octanol–water partition coefficient (Wildman–Crippen LogP) is 2.89. The minimum Gasteiger partial charge on any atom is -0.481 e. The maximum Gasteiger partial charge on any atom is 0.312 e. The number of fused-ring (bicyclic) bond motifs is 1. The lowest BCUT2D eigenvalue weighted by atomic mass is 9.68. The minimum atomic E-state index is -1.03. The van der Waals surface area contributed by atoms with E-state index in [4.69, 9.17) is 23.2 Å². The van der Waals surface area contributed by atoms with Crippen molar-refractivity contribution >= 4 is 46.9 Å². The second kappa shape index (κ2) is 6.06. The molecule has 120 valence electrons. The van der Waals surface area contributed by atoms with E-state index in [0.717, 1.165) is 0 Å². The van der Waals surface area contributed by atoms with Crippen molar-refractivity contribution in [3.63, 3.8) is 0 Å². The summed E-state index contributed by atoms with van der Waals surface area (Å²) in [5, 5.41) is 10.3. The fraction of sp³-hybridized carbons (Fsp3) is 0.375. The molecule has 0 aliphatic carbocycles. The first-order chi connectivity index (χ1) is 10.9. The summed E-state index contributed by atoms with van der Waals surface area (Å²) < 4.78 is 0. The number of carboxylic acids is 1. The van der Waals surface area contributed by atoms with Gasteiger partial charge in [0.05, 0.1) is 28.5 Å². The first-order valence-corrected chi connectivity index (χ1v) is 7.91. The summed E-state index contributed by atoms with van der Waals surface area (Å²) in [7, 11) is 0. The van der Waals surface area contributed by atoms with Gasteiger partial charge >= 0.3 is 5.97 Å². The number of hydrogen-bond acceptors (Lipinski definition) is 4.